The number of carboxylic acid groups (broad SMARTS) is 1. The molecule has 6 heteroatoms. The third-order valence-electron chi connectivity index (χ3n) is 4.81. The van der Waals surface area contributed by atoms with Crippen LogP contribution in [0.1, 0.15) is 57.8 Å². The fraction of sp³-hybridized carbons (Fsp3) is 0.600. The number of hydrogen-bond donors (Lipinski definition) is 3. The molecule has 0 radical (unpaired) electrons. The van der Waals surface area contributed by atoms with Gasteiger partial charge in [-0.25, -0.2) is 4.79 Å². The molecule has 2 atom stereocenters. The number of nitrogens with one attached hydrogen (secondary N) is 1. The summed E-state index contributed by atoms with van der Waals surface area (Å²) in [6.07, 6.45) is 2.76. The summed E-state index contributed by atoms with van der Waals surface area (Å²) in [5.74, 6) is -1.15. The Labute approximate surface area is 122 Å². The highest BCUT2D eigenvalue weighted by Gasteiger charge is 2.44. The molecule has 1 aromatic rings. The van der Waals surface area contributed by atoms with E-state index in [0.717, 1.165) is 12.8 Å². The normalized spacial score (nSPS) is 28.0. The van der Waals surface area contributed by atoms with Crippen molar-refractivity contribution in [3.63, 3.8) is 0 Å². The van der Waals surface area contributed by atoms with Crippen molar-refractivity contribution in [3.05, 3.63) is 22.5 Å². The van der Waals surface area contributed by atoms with Gasteiger partial charge in [-0.05, 0) is 45.1 Å². The number of aromatic nitrogens is 1. The van der Waals surface area contributed by atoms with Crippen LogP contribution in [0.4, 0.5) is 0 Å². The molecular weight excluding hydrogens is 272 g/mol. The molecular formula is C15H20N2O4. The third-order valence-corrected chi connectivity index (χ3v) is 4.81. The van der Waals surface area contributed by atoms with E-state index < -0.39 is 5.97 Å². The van der Waals surface area contributed by atoms with Crippen LogP contribution in [-0.2, 0) is 0 Å². The second-order valence-corrected chi connectivity index (χ2v) is 6.15. The van der Waals surface area contributed by atoms with Crippen LogP contribution in [0.2, 0.25) is 0 Å². The zero-order valence-electron chi connectivity index (χ0n) is 12.2. The molecule has 3 heterocycles. The van der Waals surface area contributed by atoms with Gasteiger partial charge in [0.1, 0.15) is 5.69 Å². The summed E-state index contributed by atoms with van der Waals surface area (Å²) in [5.41, 5.74) is 1.65. The quantitative estimate of drug-likeness (QED) is 0.769. The van der Waals surface area contributed by atoms with Crippen molar-refractivity contribution in [3.8, 4) is 0 Å². The zero-order valence-corrected chi connectivity index (χ0v) is 12.2. The molecule has 3 N–H and O–H groups in total. The lowest BCUT2D eigenvalue weighted by molar-refractivity contribution is 0.0286. The number of aryl methyl sites for hydroxylation is 1. The van der Waals surface area contributed by atoms with E-state index in [1.807, 2.05) is 4.90 Å². The third kappa shape index (κ3) is 2.14. The molecule has 114 valence electrons. The Balaban J connectivity index is 1.95. The van der Waals surface area contributed by atoms with Crippen molar-refractivity contribution in [2.24, 2.45) is 0 Å². The lowest BCUT2D eigenvalue weighted by Crippen LogP contribution is -2.48. The van der Waals surface area contributed by atoms with Crippen LogP contribution in [-0.4, -0.2) is 50.2 Å². The molecule has 2 aliphatic rings. The Morgan fingerprint density at radius 2 is 1.76 bits per heavy atom. The number of aliphatic hydroxyl groups is 1. The monoisotopic (exact) mass is 292 g/mol. The Bertz CT molecular complexity index is 593. The Morgan fingerprint density at radius 3 is 2.24 bits per heavy atom. The molecule has 3 rings (SSSR count). The lowest BCUT2D eigenvalue weighted by Gasteiger charge is -2.37. The van der Waals surface area contributed by atoms with E-state index in [1.54, 1.807) is 13.8 Å². The maximum absolute atomic E-state index is 12.9. The SMILES string of the molecule is Cc1[nH]c(C(=O)O)c(C)c1C(=O)N1C2CCC1CC(O)C2. The van der Waals surface area contributed by atoms with Crippen LogP contribution < -0.4 is 0 Å². The lowest BCUT2D eigenvalue weighted by atomic mass is 9.98. The minimum atomic E-state index is -1.05. The van der Waals surface area contributed by atoms with Crippen LogP contribution in [0.3, 0.4) is 0 Å². The van der Waals surface area contributed by atoms with Crippen LogP contribution in [0.15, 0.2) is 0 Å². The number of fused-ring (bicyclic) bond motifs is 2. The molecule has 0 spiro atoms. The topological polar surface area (TPSA) is 93.6 Å². The highest BCUT2D eigenvalue weighted by Crippen LogP contribution is 2.37. The van der Waals surface area contributed by atoms with Gasteiger partial charge in [-0.2, -0.15) is 0 Å². The van der Waals surface area contributed by atoms with E-state index in [1.165, 1.54) is 0 Å². The van der Waals surface area contributed by atoms with Crippen molar-refractivity contribution in [2.45, 2.75) is 57.7 Å². The minimum Gasteiger partial charge on any atom is -0.477 e. The number of piperidine rings is 1. The summed E-state index contributed by atoms with van der Waals surface area (Å²) in [6.45, 7) is 3.40. The van der Waals surface area contributed by atoms with Crippen molar-refractivity contribution in [2.75, 3.05) is 0 Å². The van der Waals surface area contributed by atoms with E-state index in [4.69, 9.17) is 5.11 Å². The maximum atomic E-state index is 12.9. The molecule has 21 heavy (non-hydrogen) atoms. The number of carbonyl (C=O) groups excluding carboxylic acids is 1. The van der Waals surface area contributed by atoms with E-state index >= 15 is 0 Å². The van der Waals surface area contributed by atoms with Crippen molar-refractivity contribution < 1.29 is 19.8 Å². The summed E-state index contributed by atoms with van der Waals surface area (Å²) >= 11 is 0. The number of hydrogen-bond acceptors (Lipinski definition) is 3. The van der Waals surface area contributed by atoms with Gasteiger partial charge in [-0.3, -0.25) is 4.79 Å². The van der Waals surface area contributed by atoms with Crippen molar-refractivity contribution >= 4 is 11.9 Å². The second-order valence-electron chi connectivity index (χ2n) is 6.15. The van der Waals surface area contributed by atoms with Gasteiger partial charge in [0.2, 0.25) is 0 Å². The van der Waals surface area contributed by atoms with Crippen LogP contribution in [0.5, 0.6) is 0 Å². The molecule has 2 fully saturated rings. The largest absolute Gasteiger partial charge is 0.477 e. The van der Waals surface area contributed by atoms with Gasteiger partial charge in [-0.1, -0.05) is 0 Å². The van der Waals surface area contributed by atoms with Crippen LogP contribution >= 0.6 is 0 Å². The first-order chi connectivity index (χ1) is 9.90. The highest BCUT2D eigenvalue weighted by atomic mass is 16.4. The van der Waals surface area contributed by atoms with Crippen molar-refractivity contribution in [1.29, 1.82) is 0 Å². The molecule has 6 nitrogen and oxygen atoms in total. The first-order valence-electron chi connectivity index (χ1n) is 7.33. The minimum absolute atomic E-state index is 0.0771. The number of aliphatic hydroxyl groups excluding tert-OH is 1. The molecule has 1 amide bonds. The number of aromatic carboxylic acids is 1. The molecule has 2 saturated heterocycles. The summed E-state index contributed by atoms with van der Waals surface area (Å²) in [6, 6.07) is 0.154. The number of carbonyl (C=O) groups is 2. The fourth-order valence-electron chi connectivity index (χ4n) is 3.89. The average molecular weight is 292 g/mol. The average Bonchev–Trinajstić information content (AvgIpc) is 2.84. The van der Waals surface area contributed by atoms with E-state index in [0.29, 0.717) is 29.7 Å². The Hall–Kier alpha value is -1.82. The summed E-state index contributed by atoms with van der Waals surface area (Å²) in [5, 5.41) is 19.0. The van der Waals surface area contributed by atoms with Gasteiger partial charge in [0.25, 0.3) is 5.91 Å². The molecule has 2 aliphatic heterocycles. The Kier molecular flexibility index (Phi) is 3.28. The molecule has 0 aromatic carbocycles. The number of H-pyrrole nitrogens is 1. The zero-order chi connectivity index (χ0) is 15.3. The molecule has 2 bridgehead atoms. The molecule has 2 unspecified atom stereocenters. The molecule has 1 aromatic heterocycles. The first-order valence-corrected chi connectivity index (χ1v) is 7.33. The van der Waals surface area contributed by atoms with Crippen LogP contribution in [0.25, 0.3) is 0 Å². The number of amides is 1. The number of aromatic amines is 1. The number of carboxylic acids is 1. The standard InChI is InChI=1S/C15H20N2O4/c1-7-12(8(2)16-13(7)15(20)21)14(19)17-9-3-4-10(17)6-11(18)5-9/h9-11,16,18H,3-6H2,1-2H3,(H,20,21). The maximum Gasteiger partial charge on any atom is 0.352 e. The van der Waals surface area contributed by atoms with E-state index in [2.05, 4.69) is 4.98 Å². The van der Waals surface area contributed by atoms with Gasteiger partial charge in [0.15, 0.2) is 0 Å². The van der Waals surface area contributed by atoms with Gasteiger partial charge in [-0.15, -0.1) is 0 Å². The Morgan fingerprint density at radius 1 is 1.19 bits per heavy atom. The van der Waals surface area contributed by atoms with Gasteiger partial charge >= 0.3 is 5.97 Å². The van der Waals surface area contributed by atoms with E-state index in [-0.39, 0.29) is 29.8 Å². The summed E-state index contributed by atoms with van der Waals surface area (Å²) in [7, 11) is 0. The first kappa shape index (κ1) is 14.1. The van der Waals surface area contributed by atoms with Crippen LogP contribution in [0, 0.1) is 13.8 Å². The summed E-state index contributed by atoms with van der Waals surface area (Å²) in [4.78, 5) is 28.7. The van der Waals surface area contributed by atoms with Gasteiger partial charge < -0.3 is 20.1 Å². The predicted octanol–water partition coefficient (Wildman–Crippen LogP) is 1.46. The van der Waals surface area contributed by atoms with Gasteiger partial charge in [0.05, 0.1) is 11.7 Å². The van der Waals surface area contributed by atoms with Crippen molar-refractivity contribution in [1.82, 2.24) is 9.88 Å². The van der Waals surface area contributed by atoms with Gasteiger partial charge in [0, 0.05) is 17.8 Å². The van der Waals surface area contributed by atoms with E-state index in [9.17, 15) is 14.7 Å². The highest BCUT2D eigenvalue weighted by molar-refractivity contribution is 6.01. The molecule has 0 saturated carbocycles. The fourth-order valence-corrected chi connectivity index (χ4v) is 3.89. The summed E-state index contributed by atoms with van der Waals surface area (Å²) < 4.78 is 0. The number of nitrogens with zero attached hydrogens (tertiary/aromatic N) is 1. The smallest absolute Gasteiger partial charge is 0.352 e. The second kappa shape index (κ2) is 4.87. The molecule has 0 aliphatic carbocycles. The number of rotatable bonds is 2. The predicted molar refractivity (Wildman–Crippen MR) is 75.4 cm³/mol.